The molecule has 3 aliphatic rings. The number of ether oxygens (including phenoxy) is 1. The molecule has 1 aromatic heterocycles. The highest BCUT2D eigenvalue weighted by molar-refractivity contribution is 5.45. The quantitative estimate of drug-likeness (QED) is 0.396. The minimum atomic E-state index is -1.27. The van der Waals surface area contributed by atoms with E-state index in [1.54, 1.807) is 0 Å². The number of piperidine rings is 1. The molecule has 2 fully saturated rings. The Morgan fingerprint density at radius 1 is 1.07 bits per heavy atom. The fraction of sp³-hybridized carbons (Fsp3) is 0.576. The highest BCUT2D eigenvalue weighted by Crippen LogP contribution is 2.60. The van der Waals surface area contributed by atoms with Gasteiger partial charge in [-0.3, -0.25) is 0 Å². The summed E-state index contributed by atoms with van der Waals surface area (Å²) in [5, 5.41) is 27.8. The maximum absolute atomic E-state index is 11.9. The van der Waals surface area contributed by atoms with Gasteiger partial charge in [0.15, 0.2) is 6.61 Å². The lowest BCUT2D eigenvalue weighted by molar-refractivity contribution is -0.205. The van der Waals surface area contributed by atoms with Crippen LogP contribution in [0.4, 0.5) is 0 Å². The largest absolute Gasteiger partial charge is 0.485 e. The third-order valence-corrected chi connectivity index (χ3v) is 10.1. The smallest absolute Gasteiger partial charge is 0.228 e. The van der Waals surface area contributed by atoms with E-state index in [1.807, 2.05) is 43.3 Å². The fourth-order valence-electron chi connectivity index (χ4n) is 7.83. The van der Waals surface area contributed by atoms with Gasteiger partial charge in [-0.1, -0.05) is 54.9 Å². The van der Waals surface area contributed by atoms with E-state index in [0.717, 1.165) is 56.6 Å². The van der Waals surface area contributed by atoms with E-state index < -0.39 is 11.2 Å². The maximum Gasteiger partial charge on any atom is 0.228 e. The molecule has 0 amide bonds. The van der Waals surface area contributed by atoms with Gasteiger partial charge in [-0.25, -0.2) is 0 Å². The average molecular weight is 546 g/mol. The Morgan fingerprint density at radius 2 is 1.88 bits per heavy atom. The van der Waals surface area contributed by atoms with Gasteiger partial charge in [0.1, 0.15) is 11.4 Å². The van der Waals surface area contributed by atoms with Crippen molar-refractivity contribution in [3.05, 3.63) is 76.9 Å². The summed E-state index contributed by atoms with van der Waals surface area (Å²) in [6.07, 6.45) is 8.54. The number of rotatable bonds is 8. The molecule has 2 heterocycles. The summed E-state index contributed by atoms with van der Waals surface area (Å²) in [7, 11) is 0. The predicted octanol–water partition coefficient (Wildman–Crippen LogP) is 5.32. The zero-order valence-electron chi connectivity index (χ0n) is 23.9. The Kier molecular flexibility index (Phi) is 7.49. The van der Waals surface area contributed by atoms with Crippen molar-refractivity contribution in [2.45, 2.75) is 94.9 Å². The molecule has 214 valence electrons. The third-order valence-electron chi connectivity index (χ3n) is 10.1. The van der Waals surface area contributed by atoms with Crippen molar-refractivity contribution in [2.75, 3.05) is 19.6 Å². The molecule has 1 aliphatic heterocycles. The van der Waals surface area contributed by atoms with Crippen LogP contribution in [0.25, 0.3) is 0 Å². The van der Waals surface area contributed by atoms with Gasteiger partial charge in [-0.15, -0.1) is 0 Å². The van der Waals surface area contributed by atoms with Gasteiger partial charge in [-0.05, 0) is 99.7 Å². The van der Waals surface area contributed by atoms with Crippen LogP contribution >= 0.6 is 0 Å². The summed E-state index contributed by atoms with van der Waals surface area (Å²) in [5.41, 5.74) is 0.647. The monoisotopic (exact) mass is 545 g/mol. The summed E-state index contributed by atoms with van der Waals surface area (Å²) in [5.74, 6) is 2.32. The van der Waals surface area contributed by atoms with Crippen molar-refractivity contribution in [3.8, 4) is 5.75 Å². The number of benzene rings is 2. The highest BCUT2D eigenvalue weighted by atomic mass is 16.5. The fourth-order valence-corrected chi connectivity index (χ4v) is 7.83. The summed E-state index contributed by atoms with van der Waals surface area (Å²) in [6, 6.07) is 16.1. The molecule has 2 aromatic carbocycles. The van der Waals surface area contributed by atoms with Crippen molar-refractivity contribution in [2.24, 2.45) is 5.92 Å². The number of aryl methyl sites for hydroxylation is 1. The summed E-state index contributed by atoms with van der Waals surface area (Å²) >= 11 is 0. The van der Waals surface area contributed by atoms with E-state index in [1.165, 1.54) is 30.4 Å². The van der Waals surface area contributed by atoms with E-state index in [0.29, 0.717) is 24.6 Å². The van der Waals surface area contributed by atoms with Crippen LogP contribution in [-0.4, -0.2) is 50.5 Å². The first kappa shape index (κ1) is 27.4. The first-order valence-corrected chi connectivity index (χ1v) is 15.1. The minimum Gasteiger partial charge on any atom is -0.485 e. The van der Waals surface area contributed by atoms with Crippen LogP contribution in [0.1, 0.15) is 87.2 Å². The maximum atomic E-state index is 11.9. The molecule has 2 aliphatic carbocycles. The van der Waals surface area contributed by atoms with E-state index >= 15 is 0 Å². The zero-order chi connectivity index (χ0) is 27.8. The molecule has 6 rings (SSSR count). The van der Waals surface area contributed by atoms with Crippen molar-refractivity contribution in [3.63, 3.8) is 0 Å². The van der Waals surface area contributed by atoms with Gasteiger partial charge in [0.2, 0.25) is 11.7 Å². The Balaban J connectivity index is 1.15. The van der Waals surface area contributed by atoms with Crippen molar-refractivity contribution >= 4 is 0 Å². The standard InChI is InChI=1S/C33H43N3O4/c1-3-32-23-31(2,37)33(38,25-10-6-4-7-11-25)21-26(32)13-12-24-20-27(14-15-28(24)32)39-22-29-34-30(40-35-29)16-19-36-17-8-5-9-18-36/h4,6-7,10-11,14-15,20,26,37-38H,3,5,8-9,12-13,16-19,21-23H2,1-2H3/t26-,31-,32-,33-/m1/s1. The van der Waals surface area contributed by atoms with Crippen molar-refractivity contribution < 1.29 is 19.5 Å². The normalized spacial score (nSPS) is 30.4. The third kappa shape index (κ3) is 4.97. The van der Waals surface area contributed by atoms with Crippen LogP contribution in [0.3, 0.4) is 0 Å². The molecule has 0 radical (unpaired) electrons. The number of fused-ring (bicyclic) bond motifs is 3. The number of hydrogen-bond donors (Lipinski definition) is 2. The molecule has 3 aromatic rings. The van der Waals surface area contributed by atoms with Gasteiger partial charge in [0.25, 0.3) is 0 Å². The zero-order valence-corrected chi connectivity index (χ0v) is 23.9. The van der Waals surface area contributed by atoms with Crippen LogP contribution in [0.5, 0.6) is 5.75 Å². The molecule has 1 saturated carbocycles. The van der Waals surface area contributed by atoms with Crippen LogP contribution in [0.2, 0.25) is 0 Å². The lowest BCUT2D eigenvalue weighted by Crippen LogP contribution is -2.62. The van der Waals surface area contributed by atoms with Gasteiger partial charge < -0.3 is 24.4 Å². The van der Waals surface area contributed by atoms with Crippen molar-refractivity contribution in [1.82, 2.24) is 15.0 Å². The molecule has 0 spiro atoms. The minimum absolute atomic E-state index is 0.187. The Hall–Kier alpha value is -2.74. The lowest BCUT2D eigenvalue weighted by Gasteiger charge is -2.59. The second-order valence-corrected chi connectivity index (χ2v) is 12.5. The second-order valence-electron chi connectivity index (χ2n) is 12.5. The molecule has 4 atom stereocenters. The number of likely N-dealkylation sites (tertiary alicyclic amines) is 1. The first-order valence-electron chi connectivity index (χ1n) is 15.1. The molecule has 7 nitrogen and oxygen atoms in total. The van der Waals surface area contributed by atoms with Crippen LogP contribution in [-0.2, 0) is 30.5 Å². The molecular weight excluding hydrogens is 502 g/mol. The second kappa shape index (κ2) is 10.9. The first-order chi connectivity index (χ1) is 19.3. The lowest BCUT2D eigenvalue weighted by atomic mass is 9.49. The van der Waals surface area contributed by atoms with Gasteiger partial charge in [-0.2, -0.15) is 4.98 Å². The molecule has 0 bridgehead atoms. The van der Waals surface area contributed by atoms with E-state index in [9.17, 15) is 10.2 Å². The van der Waals surface area contributed by atoms with Gasteiger partial charge >= 0.3 is 0 Å². The highest BCUT2D eigenvalue weighted by Gasteiger charge is 2.60. The number of aliphatic hydroxyl groups is 2. The average Bonchev–Trinajstić information content (AvgIpc) is 3.44. The number of nitrogens with zero attached hydrogens (tertiary/aromatic N) is 3. The summed E-state index contributed by atoms with van der Waals surface area (Å²) in [4.78, 5) is 7.02. The predicted molar refractivity (Wildman–Crippen MR) is 153 cm³/mol. The Morgan fingerprint density at radius 3 is 2.65 bits per heavy atom. The van der Waals surface area contributed by atoms with Crippen molar-refractivity contribution in [1.29, 1.82) is 0 Å². The molecule has 1 saturated heterocycles. The van der Waals surface area contributed by atoms with E-state index in [4.69, 9.17) is 9.26 Å². The number of aromatic nitrogens is 2. The van der Waals surface area contributed by atoms with Crippen LogP contribution < -0.4 is 4.74 Å². The van der Waals surface area contributed by atoms with Crippen LogP contribution in [0, 0.1) is 5.92 Å². The molecule has 40 heavy (non-hydrogen) atoms. The topological polar surface area (TPSA) is 91.8 Å². The summed E-state index contributed by atoms with van der Waals surface area (Å²) in [6.45, 7) is 7.58. The number of hydrogen-bond acceptors (Lipinski definition) is 7. The Bertz CT molecular complexity index is 1300. The molecule has 0 unspecified atom stereocenters. The van der Waals surface area contributed by atoms with Crippen LogP contribution in [0.15, 0.2) is 53.1 Å². The SMILES string of the molecule is CC[C@@]12C[C@@](C)(O)[C@](O)(c3ccccc3)C[C@H]1CCc1cc(OCc3noc(CCN4CCCCC4)n3)ccc12. The Labute approximate surface area is 237 Å². The molecule has 2 N–H and O–H groups in total. The van der Waals surface area contributed by atoms with Gasteiger partial charge in [0.05, 0.1) is 5.60 Å². The molecular formula is C33H43N3O4. The molecule has 7 heteroatoms. The van der Waals surface area contributed by atoms with E-state index in [-0.39, 0.29) is 17.9 Å². The van der Waals surface area contributed by atoms with E-state index in [2.05, 4.69) is 34.1 Å². The van der Waals surface area contributed by atoms with Gasteiger partial charge in [0, 0.05) is 18.4 Å². The summed E-state index contributed by atoms with van der Waals surface area (Å²) < 4.78 is 11.6.